The molecule has 0 heterocycles. The van der Waals surface area contributed by atoms with Crippen LogP contribution in [0.3, 0.4) is 0 Å². The van der Waals surface area contributed by atoms with E-state index in [9.17, 15) is 13.6 Å². The highest BCUT2D eigenvalue weighted by Gasteiger charge is 2.17. The number of alkyl halides is 2. The fourth-order valence-corrected chi connectivity index (χ4v) is 1.58. The topological polar surface area (TPSA) is 26.3 Å². The summed E-state index contributed by atoms with van der Waals surface area (Å²) in [6.07, 6.45) is -1.57. The van der Waals surface area contributed by atoms with Crippen LogP contribution in [0.4, 0.5) is 8.78 Å². The zero-order valence-electron chi connectivity index (χ0n) is 9.24. The SMILES string of the molecule is COc1ccc(C(F)F)c(C(C)CC=O)c1. The van der Waals surface area contributed by atoms with Crippen molar-refractivity contribution < 1.29 is 18.3 Å². The van der Waals surface area contributed by atoms with E-state index in [1.165, 1.54) is 19.2 Å². The van der Waals surface area contributed by atoms with Gasteiger partial charge in [0.25, 0.3) is 6.43 Å². The first-order valence-corrected chi connectivity index (χ1v) is 4.99. The number of hydrogen-bond acceptors (Lipinski definition) is 2. The molecule has 1 rings (SSSR count). The van der Waals surface area contributed by atoms with E-state index >= 15 is 0 Å². The summed E-state index contributed by atoms with van der Waals surface area (Å²) in [5, 5.41) is 0. The van der Waals surface area contributed by atoms with Gasteiger partial charge in [-0.1, -0.05) is 6.92 Å². The first-order chi connectivity index (χ1) is 7.60. The maximum Gasteiger partial charge on any atom is 0.264 e. The molecule has 1 atom stereocenters. The van der Waals surface area contributed by atoms with Crippen LogP contribution in [0.2, 0.25) is 0 Å². The third-order valence-corrected chi connectivity index (χ3v) is 2.51. The van der Waals surface area contributed by atoms with E-state index in [2.05, 4.69) is 0 Å². The van der Waals surface area contributed by atoms with Gasteiger partial charge in [-0.15, -0.1) is 0 Å². The molecule has 0 radical (unpaired) electrons. The normalized spacial score (nSPS) is 12.6. The Bertz CT molecular complexity index is 364. The van der Waals surface area contributed by atoms with Crippen molar-refractivity contribution in [1.29, 1.82) is 0 Å². The number of ether oxygens (including phenoxy) is 1. The Morgan fingerprint density at radius 3 is 2.56 bits per heavy atom. The maximum atomic E-state index is 12.7. The summed E-state index contributed by atoms with van der Waals surface area (Å²) >= 11 is 0. The minimum atomic E-state index is -2.53. The Balaban J connectivity index is 3.14. The Hall–Kier alpha value is -1.45. The van der Waals surface area contributed by atoms with Crippen molar-refractivity contribution in [3.8, 4) is 5.75 Å². The molecule has 0 N–H and O–H groups in total. The number of hydrogen-bond donors (Lipinski definition) is 0. The maximum absolute atomic E-state index is 12.7. The lowest BCUT2D eigenvalue weighted by molar-refractivity contribution is -0.108. The van der Waals surface area contributed by atoms with Gasteiger partial charge in [0.2, 0.25) is 0 Å². The lowest BCUT2D eigenvalue weighted by Crippen LogP contribution is -2.01. The summed E-state index contributed by atoms with van der Waals surface area (Å²) in [4.78, 5) is 10.4. The van der Waals surface area contributed by atoms with Crippen molar-refractivity contribution in [2.75, 3.05) is 7.11 Å². The predicted molar refractivity (Wildman–Crippen MR) is 57.0 cm³/mol. The van der Waals surface area contributed by atoms with E-state index in [0.717, 1.165) is 6.29 Å². The molecular weight excluding hydrogens is 214 g/mol. The highest BCUT2D eigenvalue weighted by molar-refractivity contribution is 5.52. The lowest BCUT2D eigenvalue weighted by Gasteiger charge is -2.15. The Morgan fingerprint density at radius 1 is 1.38 bits per heavy atom. The molecular formula is C12H14F2O2. The van der Waals surface area contributed by atoms with Crippen LogP contribution in [0, 0.1) is 0 Å². The summed E-state index contributed by atoms with van der Waals surface area (Å²) in [6, 6.07) is 4.41. The van der Waals surface area contributed by atoms with Crippen LogP contribution in [-0.4, -0.2) is 13.4 Å². The van der Waals surface area contributed by atoms with Gasteiger partial charge in [0.1, 0.15) is 12.0 Å². The van der Waals surface area contributed by atoms with Crippen LogP contribution < -0.4 is 4.74 Å². The van der Waals surface area contributed by atoms with Crippen LogP contribution in [0.1, 0.15) is 36.8 Å². The first kappa shape index (κ1) is 12.6. The molecule has 1 aromatic carbocycles. The average Bonchev–Trinajstić information content (AvgIpc) is 2.28. The first-order valence-electron chi connectivity index (χ1n) is 4.99. The number of methoxy groups -OCH3 is 1. The number of rotatable bonds is 5. The van der Waals surface area contributed by atoms with Crippen LogP contribution in [0.25, 0.3) is 0 Å². The fourth-order valence-electron chi connectivity index (χ4n) is 1.58. The van der Waals surface area contributed by atoms with E-state index < -0.39 is 6.43 Å². The second-order valence-electron chi connectivity index (χ2n) is 3.60. The number of carbonyl (C=O) groups excluding carboxylic acids is 1. The molecule has 88 valence electrons. The van der Waals surface area contributed by atoms with Gasteiger partial charge >= 0.3 is 0 Å². The smallest absolute Gasteiger partial charge is 0.264 e. The Morgan fingerprint density at radius 2 is 2.06 bits per heavy atom. The molecule has 0 fully saturated rings. The standard InChI is InChI=1S/C12H14F2O2/c1-8(5-6-15)11-7-9(16-2)3-4-10(11)12(13)14/h3-4,6-8,12H,5H2,1-2H3. The zero-order valence-corrected chi connectivity index (χ0v) is 9.24. The molecule has 1 aromatic rings. The van der Waals surface area contributed by atoms with E-state index in [4.69, 9.17) is 4.74 Å². The predicted octanol–water partition coefficient (Wildman–Crippen LogP) is 3.33. The molecule has 0 aliphatic carbocycles. The molecule has 2 nitrogen and oxygen atoms in total. The lowest BCUT2D eigenvalue weighted by atomic mass is 9.93. The van der Waals surface area contributed by atoms with Crippen LogP contribution >= 0.6 is 0 Å². The molecule has 0 saturated heterocycles. The molecule has 0 amide bonds. The molecule has 4 heteroatoms. The monoisotopic (exact) mass is 228 g/mol. The third-order valence-electron chi connectivity index (χ3n) is 2.51. The van der Waals surface area contributed by atoms with Crippen LogP contribution in [0.15, 0.2) is 18.2 Å². The number of benzene rings is 1. The Kier molecular flexibility index (Phi) is 4.40. The molecule has 0 aliphatic heterocycles. The van der Waals surface area contributed by atoms with Gasteiger partial charge < -0.3 is 9.53 Å². The van der Waals surface area contributed by atoms with Gasteiger partial charge in [0, 0.05) is 12.0 Å². The summed E-state index contributed by atoms with van der Waals surface area (Å²) in [7, 11) is 1.48. The minimum absolute atomic E-state index is 0.0323. The minimum Gasteiger partial charge on any atom is -0.497 e. The number of aldehydes is 1. The average molecular weight is 228 g/mol. The summed E-state index contributed by atoms with van der Waals surface area (Å²) in [5.41, 5.74) is 0.441. The van der Waals surface area contributed by atoms with Gasteiger partial charge in [-0.3, -0.25) is 0 Å². The third kappa shape index (κ3) is 2.78. The van der Waals surface area contributed by atoms with Gasteiger partial charge in [-0.2, -0.15) is 0 Å². The van der Waals surface area contributed by atoms with Crippen molar-refractivity contribution in [2.24, 2.45) is 0 Å². The number of halogens is 2. The quantitative estimate of drug-likeness (QED) is 0.722. The summed E-state index contributed by atoms with van der Waals surface area (Å²) in [5.74, 6) is 0.300. The second-order valence-corrected chi connectivity index (χ2v) is 3.60. The van der Waals surface area contributed by atoms with Crippen molar-refractivity contribution in [3.63, 3.8) is 0 Å². The zero-order chi connectivity index (χ0) is 12.1. The van der Waals surface area contributed by atoms with E-state index in [-0.39, 0.29) is 17.9 Å². The highest BCUT2D eigenvalue weighted by Crippen LogP contribution is 2.32. The van der Waals surface area contributed by atoms with Gasteiger partial charge in [-0.25, -0.2) is 8.78 Å². The largest absolute Gasteiger partial charge is 0.497 e. The number of carbonyl (C=O) groups is 1. The van der Waals surface area contributed by atoms with Crippen molar-refractivity contribution in [3.05, 3.63) is 29.3 Å². The van der Waals surface area contributed by atoms with Crippen molar-refractivity contribution in [2.45, 2.75) is 25.7 Å². The van der Waals surface area contributed by atoms with E-state index in [1.807, 2.05) is 0 Å². The van der Waals surface area contributed by atoms with Gasteiger partial charge in [0.05, 0.1) is 7.11 Å². The molecule has 0 spiro atoms. The van der Waals surface area contributed by atoms with Gasteiger partial charge in [-0.05, 0) is 29.7 Å². The molecule has 0 aliphatic rings. The van der Waals surface area contributed by atoms with Crippen molar-refractivity contribution in [1.82, 2.24) is 0 Å². The molecule has 16 heavy (non-hydrogen) atoms. The fraction of sp³-hybridized carbons (Fsp3) is 0.417. The van der Waals surface area contributed by atoms with E-state index in [1.54, 1.807) is 13.0 Å². The molecule has 1 unspecified atom stereocenters. The molecule has 0 saturated carbocycles. The van der Waals surface area contributed by atoms with Crippen LogP contribution in [0.5, 0.6) is 5.75 Å². The molecule has 0 bridgehead atoms. The Labute approximate surface area is 93.2 Å². The second kappa shape index (κ2) is 5.58. The highest BCUT2D eigenvalue weighted by atomic mass is 19.3. The van der Waals surface area contributed by atoms with Crippen LogP contribution in [-0.2, 0) is 4.79 Å². The van der Waals surface area contributed by atoms with Gasteiger partial charge in [0.15, 0.2) is 0 Å². The summed E-state index contributed by atoms with van der Waals surface area (Å²) < 4.78 is 30.5. The summed E-state index contributed by atoms with van der Waals surface area (Å²) in [6.45, 7) is 1.75. The van der Waals surface area contributed by atoms with E-state index in [0.29, 0.717) is 11.3 Å². The molecule has 0 aromatic heterocycles. The van der Waals surface area contributed by atoms with Crippen molar-refractivity contribution >= 4 is 6.29 Å².